The number of ether oxygens (including phenoxy) is 2. The second-order valence-corrected chi connectivity index (χ2v) is 8.83. The number of benzene rings is 2. The van der Waals surface area contributed by atoms with Crippen LogP contribution in [0.25, 0.3) is 11.0 Å². The maximum absolute atomic E-state index is 12.8. The molecule has 13 heteroatoms. The van der Waals surface area contributed by atoms with Gasteiger partial charge in [-0.05, 0) is 36.4 Å². The number of rotatable bonds is 7. The topological polar surface area (TPSA) is 145 Å². The maximum Gasteiger partial charge on any atom is 0.269 e. The number of fused-ring (bicyclic) bond motifs is 1. The first kappa shape index (κ1) is 23.1. The molecule has 4 aromatic rings. The molecule has 2 aromatic carbocycles. The molecule has 0 saturated carbocycles. The zero-order valence-corrected chi connectivity index (χ0v) is 19.4. The SMILES string of the molecule is CNC(=O)c1cc(Oc2ccc3nc(NS(=O)(=O)c4cc(Cl)ccc4OC)nnc3c2)ccn1. The van der Waals surface area contributed by atoms with E-state index in [1.165, 1.54) is 44.6 Å². The van der Waals surface area contributed by atoms with Crippen molar-refractivity contribution in [2.24, 2.45) is 0 Å². The van der Waals surface area contributed by atoms with Crippen molar-refractivity contribution in [1.29, 1.82) is 0 Å². The molecule has 0 aliphatic heterocycles. The van der Waals surface area contributed by atoms with Crippen molar-refractivity contribution in [1.82, 2.24) is 25.5 Å². The number of carbonyl (C=O) groups is 1. The zero-order chi connectivity index (χ0) is 24.3. The average Bonchev–Trinajstić information content (AvgIpc) is 2.83. The molecule has 34 heavy (non-hydrogen) atoms. The van der Waals surface area contributed by atoms with Gasteiger partial charge in [-0.3, -0.25) is 9.78 Å². The fourth-order valence-corrected chi connectivity index (χ4v) is 4.29. The summed E-state index contributed by atoms with van der Waals surface area (Å²) >= 11 is 5.94. The Morgan fingerprint density at radius 3 is 2.56 bits per heavy atom. The lowest BCUT2D eigenvalue weighted by atomic mass is 10.3. The van der Waals surface area contributed by atoms with E-state index in [1.807, 2.05) is 0 Å². The van der Waals surface area contributed by atoms with Crippen molar-refractivity contribution < 1.29 is 22.7 Å². The highest BCUT2D eigenvalue weighted by molar-refractivity contribution is 7.92. The summed E-state index contributed by atoms with van der Waals surface area (Å²) in [7, 11) is -1.24. The lowest BCUT2D eigenvalue weighted by Crippen LogP contribution is -2.18. The van der Waals surface area contributed by atoms with Crippen molar-refractivity contribution in [2.45, 2.75) is 4.90 Å². The van der Waals surface area contributed by atoms with Crippen LogP contribution in [0.2, 0.25) is 5.02 Å². The molecule has 2 aromatic heterocycles. The lowest BCUT2D eigenvalue weighted by molar-refractivity contribution is 0.0958. The minimum absolute atomic E-state index is 0.114. The molecule has 0 aliphatic carbocycles. The highest BCUT2D eigenvalue weighted by Gasteiger charge is 2.22. The van der Waals surface area contributed by atoms with Crippen LogP contribution in [0.3, 0.4) is 0 Å². The third-order valence-corrected chi connectivity index (χ3v) is 6.08. The van der Waals surface area contributed by atoms with Gasteiger partial charge in [0.1, 0.15) is 33.4 Å². The molecule has 0 spiro atoms. The summed E-state index contributed by atoms with van der Waals surface area (Å²) in [5.74, 6) is 0.350. The number of hydrogen-bond acceptors (Lipinski definition) is 9. The first-order valence-electron chi connectivity index (χ1n) is 9.66. The van der Waals surface area contributed by atoms with Crippen molar-refractivity contribution in [2.75, 3.05) is 18.9 Å². The number of hydrogen-bond donors (Lipinski definition) is 2. The van der Waals surface area contributed by atoms with Gasteiger partial charge in [-0.15, -0.1) is 10.2 Å². The van der Waals surface area contributed by atoms with Crippen molar-refractivity contribution in [3.63, 3.8) is 0 Å². The van der Waals surface area contributed by atoms with Crippen LogP contribution in [0.5, 0.6) is 17.2 Å². The largest absolute Gasteiger partial charge is 0.495 e. The number of halogens is 1. The number of nitrogens with one attached hydrogen (secondary N) is 2. The van der Waals surface area contributed by atoms with Crippen LogP contribution in [0.4, 0.5) is 5.95 Å². The predicted molar refractivity (Wildman–Crippen MR) is 124 cm³/mol. The second kappa shape index (κ2) is 9.45. The number of pyridine rings is 1. The normalized spacial score (nSPS) is 11.1. The van der Waals surface area contributed by atoms with Gasteiger partial charge in [0.15, 0.2) is 0 Å². The fourth-order valence-electron chi connectivity index (χ4n) is 2.92. The number of carbonyl (C=O) groups excluding carboxylic acids is 1. The zero-order valence-electron chi connectivity index (χ0n) is 17.8. The van der Waals surface area contributed by atoms with Crippen LogP contribution < -0.4 is 19.5 Å². The van der Waals surface area contributed by atoms with Crippen LogP contribution in [-0.4, -0.2) is 48.6 Å². The number of sulfonamides is 1. The van der Waals surface area contributed by atoms with Gasteiger partial charge in [0.05, 0.1) is 12.6 Å². The molecule has 0 aliphatic rings. The average molecular weight is 501 g/mol. The van der Waals surface area contributed by atoms with Gasteiger partial charge >= 0.3 is 0 Å². The van der Waals surface area contributed by atoms with E-state index in [9.17, 15) is 13.2 Å². The van der Waals surface area contributed by atoms with E-state index >= 15 is 0 Å². The number of nitrogens with zero attached hydrogens (tertiary/aromatic N) is 4. The summed E-state index contributed by atoms with van der Waals surface area (Å²) in [5.41, 5.74) is 0.941. The fraction of sp³-hybridized carbons (Fsp3) is 0.0952. The molecule has 0 unspecified atom stereocenters. The van der Waals surface area contributed by atoms with E-state index in [0.717, 1.165) is 0 Å². The first-order chi connectivity index (χ1) is 16.3. The first-order valence-corrected chi connectivity index (χ1v) is 11.5. The van der Waals surface area contributed by atoms with Gasteiger partial charge in [-0.25, -0.2) is 18.1 Å². The summed E-state index contributed by atoms with van der Waals surface area (Å²) < 4.78 is 38.8. The number of amides is 1. The van der Waals surface area contributed by atoms with Crippen LogP contribution in [-0.2, 0) is 10.0 Å². The predicted octanol–water partition coefficient (Wildman–Crippen LogP) is 3.03. The second-order valence-electron chi connectivity index (χ2n) is 6.74. The van der Waals surface area contributed by atoms with Gasteiger partial charge < -0.3 is 14.8 Å². The standard InChI is InChI=1S/C21H17ClN6O5S/c1-23-20(29)17-11-14(7-8-24-17)33-13-4-5-15-16(10-13)26-27-21(25-15)28-34(30,31)19-9-12(22)3-6-18(19)32-2/h3-11H,1-2H3,(H,23,29)(H,25,27,28). The Balaban J connectivity index is 1.57. The third kappa shape index (κ3) is 4.97. The molecule has 174 valence electrons. The van der Waals surface area contributed by atoms with E-state index in [4.69, 9.17) is 21.1 Å². The van der Waals surface area contributed by atoms with E-state index in [2.05, 4.69) is 30.2 Å². The monoisotopic (exact) mass is 500 g/mol. The number of aromatic nitrogens is 4. The summed E-state index contributed by atoms with van der Waals surface area (Å²) in [5, 5.41) is 10.6. The van der Waals surface area contributed by atoms with E-state index in [1.54, 1.807) is 24.3 Å². The smallest absolute Gasteiger partial charge is 0.269 e. The van der Waals surface area contributed by atoms with Gasteiger partial charge in [0.2, 0.25) is 0 Å². The summed E-state index contributed by atoms with van der Waals surface area (Å²) in [6, 6.07) is 12.1. The van der Waals surface area contributed by atoms with Gasteiger partial charge in [-0.1, -0.05) is 11.6 Å². The van der Waals surface area contributed by atoms with Gasteiger partial charge in [-0.2, -0.15) is 0 Å². The Hall–Kier alpha value is -4.03. The van der Waals surface area contributed by atoms with E-state index in [-0.39, 0.29) is 33.2 Å². The molecular weight excluding hydrogens is 484 g/mol. The lowest BCUT2D eigenvalue weighted by Gasteiger charge is -2.11. The minimum Gasteiger partial charge on any atom is -0.495 e. The molecule has 2 heterocycles. The summed E-state index contributed by atoms with van der Waals surface area (Å²) in [4.78, 5) is 19.8. The van der Waals surface area contributed by atoms with Gasteiger partial charge in [0.25, 0.3) is 21.9 Å². The molecule has 11 nitrogen and oxygen atoms in total. The molecule has 1 amide bonds. The molecule has 4 rings (SSSR count). The van der Waals surface area contributed by atoms with Crippen molar-refractivity contribution >= 4 is 44.5 Å². The third-order valence-electron chi connectivity index (χ3n) is 4.49. The van der Waals surface area contributed by atoms with Crippen LogP contribution >= 0.6 is 11.6 Å². The summed E-state index contributed by atoms with van der Waals surface area (Å²) in [6.45, 7) is 0. The Bertz CT molecular complexity index is 1500. The van der Waals surface area contributed by atoms with Crippen LogP contribution in [0.15, 0.2) is 59.6 Å². The van der Waals surface area contributed by atoms with E-state index < -0.39 is 10.0 Å². The molecular formula is C21H17ClN6O5S. The molecule has 0 saturated heterocycles. The number of methoxy groups -OCH3 is 1. The molecule has 0 radical (unpaired) electrons. The summed E-state index contributed by atoms with van der Waals surface area (Å²) in [6.07, 6.45) is 1.45. The van der Waals surface area contributed by atoms with Gasteiger partial charge in [0, 0.05) is 30.4 Å². The minimum atomic E-state index is -4.10. The Labute approximate surface area is 199 Å². The molecule has 0 atom stereocenters. The Morgan fingerprint density at radius 1 is 1.00 bits per heavy atom. The Morgan fingerprint density at radius 2 is 1.79 bits per heavy atom. The Kier molecular flexibility index (Phi) is 6.43. The van der Waals surface area contributed by atoms with Crippen molar-refractivity contribution in [3.8, 4) is 17.2 Å². The number of anilines is 1. The van der Waals surface area contributed by atoms with E-state index in [0.29, 0.717) is 22.5 Å². The van der Waals surface area contributed by atoms with Crippen molar-refractivity contribution in [3.05, 3.63) is 65.4 Å². The molecule has 0 bridgehead atoms. The quantitative estimate of drug-likeness (QED) is 0.391. The molecule has 0 fully saturated rings. The highest BCUT2D eigenvalue weighted by Crippen LogP contribution is 2.29. The maximum atomic E-state index is 12.8. The molecule has 2 N–H and O–H groups in total. The van der Waals surface area contributed by atoms with Crippen LogP contribution in [0.1, 0.15) is 10.5 Å². The highest BCUT2D eigenvalue weighted by atomic mass is 35.5. The van der Waals surface area contributed by atoms with Crippen LogP contribution in [0, 0.1) is 0 Å².